The Hall–Kier alpha value is -2.37. The Morgan fingerprint density at radius 3 is 2.33 bits per heavy atom. The molecule has 0 saturated heterocycles. The van der Waals surface area contributed by atoms with E-state index < -0.39 is 53.8 Å². The largest absolute Gasteiger partial charge is 0.418 e. The molecule has 0 spiro atoms. The molecule has 12 heteroatoms. The summed E-state index contributed by atoms with van der Waals surface area (Å²) in [7, 11) is 0. The van der Waals surface area contributed by atoms with E-state index in [4.69, 9.17) is 10.2 Å². The minimum atomic E-state index is -4.88. The lowest BCUT2D eigenvalue weighted by Crippen LogP contribution is -2.46. The number of nitrogen functional groups attached to an aromatic ring is 1. The fourth-order valence-electron chi connectivity index (χ4n) is 3.54. The van der Waals surface area contributed by atoms with Crippen molar-refractivity contribution in [1.82, 2.24) is 15.2 Å². The molecule has 0 aromatic carbocycles. The maximum atomic E-state index is 13.9. The normalized spacial score (nSPS) is 21.3. The van der Waals surface area contributed by atoms with E-state index in [1.807, 2.05) is 0 Å². The molecule has 0 aliphatic carbocycles. The van der Waals surface area contributed by atoms with Crippen molar-refractivity contribution in [1.29, 1.82) is 0 Å². The molecule has 2 aromatic rings. The molecular formula is C18H20F6N4O2. The van der Waals surface area contributed by atoms with Crippen LogP contribution < -0.4 is 5.73 Å². The number of aliphatic hydroxyl groups excluding tert-OH is 1. The van der Waals surface area contributed by atoms with E-state index in [1.165, 1.54) is 0 Å². The van der Waals surface area contributed by atoms with Gasteiger partial charge in [-0.2, -0.15) is 26.3 Å². The van der Waals surface area contributed by atoms with Gasteiger partial charge in [-0.05, 0) is 25.3 Å². The van der Waals surface area contributed by atoms with Crippen LogP contribution in [0.15, 0.2) is 10.5 Å². The van der Waals surface area contributed by atoms with Crippen molar-refractivity contribution in [2.45, 2.75) is 62.7 Å². The Balaban J connectivity index is 2.17. The Bertz CT molecular complexity index is 896. The molecule has 166 valence electrons. The number of alkyl halides is 6. The summed E-state index contributed by atoms with van der Waals surface area (Å²) in [6, 6.07) is 0.677. The number of pyridine rings is 1. The molecule has 0 radical (unpaired) electrons. The molecule has 0 saturated carbocycles. The zero-order valence-corrected chi connectivity index (χ0v) is 15.8. The quantitative estimate of drug-likeness (QED) is 0.640. The Kier molecular flexibility index (Phi) is 5.99. The number of aromatic nitrogens is 3. The predicted molar refractivity (Wildman–Crippen MR) is 93.2 cm³/mol. The zero-order valence-electron chi connectivity index (χ0n) is 15.8. The maximum Gasteiger partial charge on any atom is 0.418 e. The van der Waals surface area contributed by atoms with E-state index >= 15 is 0 Å². The number of aryl methyl sites for hydroxylation is 1. The number of nitrogens with zero attached hydrogens (tertiary/aromatic N) is 3. The lowest BCUT2D eigenvalue weighted by molar-refractivity contribution is -0.210. The minimum absolute atomic E-state index is 0.0201. The number of hydrogen-bond donors (Lipinski definition) is 2. The van der Waals surface area contributed by atoms with Gasteiger partial charge in [0.25, 0.3) is 5.89 Å². The van der Waals surface area contributed by atoms with Gasteiger partial charge in [0, 0.05) is 0 Å². The molecule has 1 aliphatic heterocycles. The van der Waals surface area contributed by atoms with Crippen molar-refractivity contribution in [2.24, 2.45) is 0 Å². The summed E-state index contributed by atoms with van der Waals surface area (Å²) in [4.78, 5) is 3.92. The van der Waals surface area contributed by atoms with Gasteiger partial charge in [0.1, 0.15) is 0 Å². The first kappa shape index (κ1) is 22.3. The molecule has 3 N–H and O–H groups in total. The Labute approximate surface area is 167 Å². The average molecular weight is 438 g/mol. The van der Waals surface area contributed by atoms with Gasteiger partial charge < -0.3 is 15.3 Å². The van der Waals surface area contributed by atoms with Gasteiger partial charge in [-0.1, -0.05) is 25.7 Å². The molecule has 6 nitrogen and oxygen atoms in total. The van der Waals surface area contributed by atoms with Crippen molar-refractivity contribution < 1.29 is 35.9 Å². The first-order valence-corrected chi connectivity index (χ1v) is 9.38. The lowest BCUT2D eigenvalue weighted by Gasteiger charge is -2.30. The van der Waals surface area contributed by atoms with Crippen molar-refractivity contribution in [2.75, 3.05) is 12.3 Å². The van der Waals surface area contributed by atoms with Crippen molar-refractivity contribution in [3.05, 3.63) is 23.2 Å². The monoisotopic (exact) mass is 438 g/mol. The van der Waals surface area contributed by atoms with Gasteiger partial charge in [0.2, 0.25) is 5.89 Å². The molecule has 0 amide bonds. The zero-order chi connectivity index (χ0) is 22.2. The molecule has 3 rings (SSSR count). The highest BCUT2D eigenvalue weighted by Crippen LogP contribution is 2.45. The topological polar surface area (TPSA) is 98.1 Å². The third kappa shape index (κ3) is 4.09. The predicted octanol–water partition coefficient (Wildman–Crippen LogP) is 4.42. The van der Waals surface area contributed by atoms with Crippen molar-refractivity contribution >= 4 is 5.69 Å². The average Bonchev–Trinajstić information content (AvgIpc) is 3.12. The fraction of sp³-hybridized carbons (Fsp3) is 0.611. The summed E-state index contributed by atoms with van der Waals surface area (Å²) in [5.41, 5.74) is 0.866. The molecule has 3 heterocycles. The summed E-state index contributed by atoms with van der Waals surface area (Å²) >= 11 is 0. The summed E-state index contributed by atoms with van der Waals surface area (Å²) in [6.07, 6.45) is -8.06. The first-order chi connectivity index (χ1) is 14.0. The van der Waals surface area contributed by atoms with E-state index in [2.05, 4.69) is 15.2 Å². The number of halogens is 6. The molecular weight excluding hydrogens is 418 g/mol. The Morgan fingerprint density at radius 2 is 1.70 bits per heavy atom. The summed E-state index contributed by atoms with van der Waals surface area (Å²) in [6.45, 7) is -1.31. The van der Waals surface area contributed by atoms with Crippen LogP contribution in [0.1, 0.15) is 55.7 Å². The second kappa shape index (κ2) is 8.05. The summed E-state index contributed by atoms with van der Waals surface area (Å²) in [5.74, 6) is -1.40. The van der Waals surface area contributed by atoms with Crippen LogP contribution in [-0.2, 0) is 18.0 Å². The van der Waals surface area contributed by atoms with E-state index in [0.29, 0.717) is 31.7 Å². The van der Waals surface area contributed by atoms with Crippen LogP contribution in [0.5, 0.6) is 0 Å². The fourth-order valence-corrected chi connectivity index (χ4v) is 3.54. The number of aliphatic hydroxyl groups is 1. The number of rotatable bonds is 1. The highest BCUT2D eigenvalue weighted by atomic mass is 19.4. The SMILES string of the molecule is Nc1cc(C(F)(F)F)c2nc1-c1nnc(o1)C(CO)(C(F)(F)F)CCCCCCC2. The highest BCUT2D eigenvalue weighted by Gasteiger charge is 2.59. The number of anilines is 1. The Morgan fingerprint density at radius 1 is 1.03 bits per heavy atom. The summed E-state index contributed by atoms with van der Waals surface area (Å²) < 4.78 is 86.9. The van der Waals surface area contributed by atoms with Crippen molar-refractivity contribution in [3.63, 3.8) is 0 Å². The molecule has 0 fully saturated rings. The van der Waals surface area contributed by atoms with Gasteiger partial charge >= 0.3 is 12.4 Å². The van der Waals surface area contributed by atoms with Gasteiger partial charge in [0.15, 0.2) is 11.1 Å². The van der Waals surface area contributed by atoms with Crippen LogP contribution in [0.3, 0.4) is 0 Å². The minimum Gasteiger partial charge on any atom is -0.418 e. The molecule has 1 unspecified atom stereocenters. The molecule has 2 aromatic heterocycles. The van der Waals surface area contributed by atoms with E-state index in [1.54, 1.807) is 0 Å². The van der Waals surface area contributed by atoms with Crippen LogP contribution in [0.25, 0.3) is 11.6 Å². The summed E-state index contributed by atoms with van der Waals surface area (Å²) in [5, 5.41) is 16.6. The number of fused-ring (bicyclic) bond motifs is 5. The van der Waals surface area contributed by atoms with Crippen molar-refractivity contribution in [3.8, 4) is 11.6 Å². The molecule has 1 aliphatic rings. The van der Waals surface area contributed by atoms with Gasteiger partial charge in [0.05, 0.1) is 23.6 Å². The number of hydrogen-bond acceptors (Lipinski definition) is 6. The third-order valence-electron chi connectivity index (χ3n) is 5.30. The van der Waals surface area contributed by atoms with Crippen LogP contribution >= 0.6 is 0 Å². The first-order valence-electron chi connectivity index (χ1n) is 9.38. The van der Waals surface area contributed by atoms with Crippen LogP contribution in [0.2, 0.25) is 0 Å². The maximum absolute atomic E-state index is 13.9. The van der Waals surface area contributed by atoms with Crippen LogP contribution in [-0.4, -0.2) is 33.1 Å². The van der Waals surface area contributed by atoms with Gasteiger partial charge in [-0.15, -0.1) is 10.2 Å². The van der Waals surface area contributed by atoms with Crippen LogP contribution in [0.4, 0.5) is 32.0 Å². The standard InChI is InChI=1S/C18H20F6N4O2/c19-17(20,21)10-8-11(25)13-14-27-28-15(30-14)16(9-29,18(22,23)24)7-5-3-1-2-4-6-12(10)26-13/h8,29H,1-7,9,25H2. The second-order valence-electron chi connectivity index (χ2n) is 7.34. The van der Waals surface area contributed by atoms with E-state index in [-0.39, 0.29) is 24.2 Å². The number of nitrogens with two attached hydrogens (primary N) is 1. The van der Waals surface area contributed by atoms with E-state index in [0.717, 1.165) is 0 Å². The highest BCUT2D eigenvalue weighted by molar-refractivity contribution is 5.67. The van der Waals surface area contributed by atoms with Gasteiger partial charge in [-0.3, -0.25) is 0 Å². The van der Waals surface area contributed by atoms with Crippen LogP contribution in [0, 0.1) is 0 Å². The molecule has 4 bridgehead atoms. The molecule has 30 heavy (non-hydrogen) atoms. The second-order valence-corrected chi connectivity index (χ2v) is 7.34. The van der Waals surface area contributed by atoms with E-state index in [9.17, 15) is 31.4 Å². The molecule has 1 atom stereocenters. The third-order valence-corrected chi connectivity index (χ3v) is 5.30. The van der Waals surface area contributed by atoms with Gasteiger partial charge in [-0.25, -0.2) is 4.98 Å². The smallest absolute Gasteiger partial charge is 0.418 e. The lowest BCUT2D eigenvalue weighted by atomic mass is 9.82.